The van der Waals surface area contributed by atoms with E-state index in [2.05, 4.69) is 146 Å². The molecule has 0 atom stereocenters. The summed E-state index contributed by atoms with van der Waals surface area (Å²) < 4.78 is 0. The van der Waals surface area contributed by atoms with Crippen LogP contribution in [0.15, 0.2) is 146 Å². The van der Waals surface area contributed by atoms with Crippen molar-refractivity contribution in [2.75, 3.05) is 0 Å². The Hall–Kier alpha value is -4.92. The van der Waals surface area contributed by atoms with Gasteiger partial charge in [0.2, 0.25) is 0 Å². The van der Waals surface area contributed by atoms with Crippen LogP contribution in [0.5, 0.6) is 0 Å². The Morgan fingerprint density at radius 2 is 0.387 bits per heavy atom. The fraction of sp³-hybridized carbons (Fsp3) is 0.143. The number of benzene rings is 4. The summed E-state index contributed by atoms with van der Waals surface area (Å²) in [4.78, 5) is 16.4. The van der Waals surface area contributed by atoms with Crippen molar-refractivity contribution in [3.63, 3.8) is 0 Å². The van der Waals surface area contributed by atoms with Crippen LogP contribution in [0.25, 0.3) is 80.8 Å². The fourth-order valence-corrected chi connectivity index (χ4v) is 16.3. The van der Waals surface area contributed by atoms with E-state index in [1.165, 1.54) is 125 Å². The van der Waals surface area contributed by atoms with Gasteiger partial charge in [0.1, 0.15) is 0 Å². The largest absolute Gasteiger partial charge is 0.134 e. The Kier molecular flexibility index (Phi) is 9.35. The first-order valence-corrected chi connectivity index (χ1v) is 26.6. The zero-order valence-electron chi connectivity index (χ0n) is 34.0. The molecule has 6 heteroatoms. The molecule has 0 N–H and O–H groups in total. The lowest BCUT2D eigenvalue weighted by Crippen LogP contribution is -2.01. The molecule has 0 saturated heterocycles. The van der Waals surface area contributed by atoms with Crippen LogP contribution in [0.4, 0.5) is 0 Å². The summed E-state index contributed by atoms with van der Waals surface area (Å²) in [7, 11) is 0. The molecule has 0 nitrogen and oxygen atoms in total. The Morgan fingerprint density at radius 1 is 0.194 bits per heavy atom. The predicted molar refractivity (Wildman–Crippen MR) is 273 cm³/mol. The maximum Gasteiger partial charge on any atom is 0.0449 e. The number of rotatable bonds is 0. The van der Waals surface area contributed by atoms with Crippen molar-refractivity contribution in [1.82, 2.24) is 0 Å². The monoisotopic (exact) mass is 904 g/mol. The summed E-state index contributed by atoms with van der Waals surface area (Å²) >= 11 is 11.7. The van der Waals surface area contributed by atoms with Crippen molar-refractivity contribution in [3.05, 3.63) is 190 Å². The fourth-order valence-electron chi connectivity index (χ4n) is 9.69. The lowest BCUT2D eigenvalue weighted by atomic mass is 9.90. The molecular formula is C56H40S6. The molecule has 9 aliphatic rings. The van der Waals surface area contributed by atoms with Gasteiger partial charge < -0.3 is 0 Å². The summed E-state index contributed by atoms with van der Waals surface area (Å²) in [5.74, 6) is 0. The lowest BCUT2D eigenvalue weighted by Gasteiger charge is -2.16. The number of hydrogen-bond acceptors (Lipinski definition) is 6. The van der Waals surface area contributed by atoms with E-state index in [9.17, 15) is 0 Å². The van der Waals surface area contributed by atoms with E-state index in [1.807, 2.05) is 68.0 Å². The minimum Gasteiger partial charge on any atom is -0.134 e. The lowest BCUT2D eigenvalue weighted by molar-refractivity contribution is 0.926. The second-order valence-corrected chi connectivity index (χ2v) is 23.5. The first-order valence-electron chi connectivity index (χ1n) is 21.7. The zero-order valence-corrected chi connectivity index (χ0v) is 38.9. The van der Waals surface area contributed by atoms with Gasteiger partial charge in [0, 0.05) is 58.5 Å². The molecule has 10 aromatic rings. The highest BCUT2D eigenvalue weighted by atomic mass is 32.1. The number of aryl methyl sites for hydroxylation is 8. The van der Waals surface area contributed by atoms with Gasteiger partial charge in [-0.15, -0.1) is 68.0 Å². The van der Waals surface area contributed by atoms with E-state index in [-0.39, 0.29) is 0 Å². The quantitative estimate of drug-likeness (QED) is 0.142. The molecule has 0 fully saturated rings. The summed E-state index contributed by atoms with van der Waals surface area (Å²) in [6.07, 6.45) is 8.23. The molecule has 24 bridgehead atoms. The molecule has 8 aliphatic carbocycles. The van der Waals surface area contributed by atoms with E-state index >= 15 is 0 Å². The normalized spacial score (nSPS) is 13.9. The van der Waals surface area contributed by atoms with Crippen LogP contribution in [-0.4, -0.2) is 0 Å². The van der Waals surface area contributed by atoms with E-state index in [1.54, 1.807) is 0 Å². The van der Waals surface area contributed by atoms with Crippen molar-refractivity contribution in [3.8, 4) is 80.8 Å². The van der Waals surface area contributed by atoms with Gasteiger partial charge in [0.05, 0.1) is 0 Å². The smallest absolute Gasteiger partial charge is 0.0449 e. The summed E-state index contributed by atoms with van der Waals surface area (Å²) in [5, 5.41) is 0. The zero-order chi connectivity index (χ0) is 40.7. The Balaban J connectivity index is 0.924. The Labute approximate surface area is 387 Å². The molecule has 0 spiro atoms. The van der Waals surface area contributed by atoms with Crippen molar-refractivity contribution < 1.29 is 0 Å². The summed E-state index contributed by atoms with van der Waals surface area (Å²) in [6, 6.07) is 57.6. The third kappa shape index (κ3) is 6.87. The second kappa shape index (κ2) is 15.4. The minimum atomic E-state index is 1.03. The van der Waals surface area contributed by atoms with Crippen LogP contribution in [0.1, 0.15) is 44.5 Å². The first kappa shape index (κ1) is 37.6. The third-order valence-electron chi connectivity index (χ3n) is 13.1. The number of fused-ring (bicyclic) bond motifs is 16. The van der Waals surface area contributed by atoms with E-state index in [0.29, 0.717) is 0 Å². The Bertz CT molecular complexity index is 2890. The second-order valence-electron chi connectivity index (χ2n) is 16.9. The minimum absolute atomic E-state index is 1.03. The predicted octanol–water partition coefficient (Wildman–Crippen LogP) is 17.5. The molecule has 0 saturated carbocycles. The van der Waals surface area contributed by atoms with Crippen molar-refractivity contribution in [2.24, 2.45) is 0 Å². The van der Waals surface area contributed by atoms with Gasteiger partial charge in [-0.2, -0.15) is 0 Å². The van der Waals surface area contributed by atoms with E-state index in [4.69, 9.17) is 0 Å². The highest BCUT2D eigenvalue weighted by Crippen LogP contribution is 2.47. The van der Waals surface area contributed by atoms with Crippen molar-refractivity contribution in [1.29, 1.82) is 0 Å². The summed E-state index contributed by atoms with van der Waals surface area (Å²) in [5.41, 5.74) is 17.1. The Morgan fingerprint density at radius 3 is 0.613 bits per heavy atom. The van der Waals surface area contributed by atoms with Crippen LogP contribution in [0.3, 0.4) is 0 Å². The molecule has 0 unspecified atom stereocenters. The molecule has 6 aromatic heterocycles. The third-order valence-corrected chi connectivity index (χ3v) is 20.5. The van der Waals surface area contributed by atoms with Crippen LogP contribution in [0, 0.1) is 0 Å². The first-order chi connectivity index (χ1) is 30.6. The van der Waals surface area contributed by atoms with Gasteiger partial charge in [0.25, 0.3) is 0 Å². The van der Waals surface area contributed by atoms with Gasteiger partial charge in [-0.1, -0.05) is 72.8 Å². The molecule has 1 aliphatic heterocycles. The SMILES string of the molecule is c1cc2c3cc1CCc1ccc(cc1-c1ccc(s1)-c1ccc(s1)-c1ccc(s1)-c1cc4ccc1CCc1ccc(c(c1)-c1ccc(s1)-c1ccc(s1)-c1ccc-3s1)CC4)CC2. The molecule has 300 valence electrons. The molecule has 62 heavy (non-hydrogen) atoms. The average molecular weight is 905 g/mol. The van der Waals surface area contributed by atoms with Gasteiger partial charge in [-0.3, -0.25) is 0 Å². The van der Waals surface area contributed by atoms with Gasteiger partial charge in [-0.05, 0) is 191 Å². The molecule has 4 aromatic carbocycles. The van der Waals surface area contributed by atoms with Crippen LogP contribution < -0.4 is 0 Å². The highest BCUT2D eigenvalue weighted by molar-refractivity contribution is 7.28. The van der Waals surface area contributed by atoms with E-state index < -0.39 is 0 Å². The van der Waals surface area contributed by atoms with Gasteiger partial charge >= 0.3 is 0 Å². The molecular weight excluding hydrogens is 865 g/mol. The van der Waals surface area contributed by atoms with Crippen LogP contribution in [-0.2, 0) is 51.4 Å². The number of thiophene rings is 6. The maximum absolute atomic E-state index is 2.50. The molecule has 7 heterocycles. The number of hydrogen-bond donors (Lipinski definition) is 0. The highest BCUT2D eigenvalue weighted by Gasteiger charge is 2.20. The van der Waals surface area contributed by atoms with Crippen molar-refractivity contribution in [2.45, 2.75) is 51.4 Å². The summed E-state index contributed by atoms with van der Waals surface area (Å²) in [6.45, 7) is 0. The average Bonchev–Trinajstić information content (AvgIpc) is 4.15. The topological polar surface area (TPSA) is 0 Å². The molecule has 19 rings (SSSR count). The van der Waals surface area contributed by atoms with E-state index in [0.717, 1.165) is 51.4 Å². The molecule has 0 amide bonds. The van der Waals surface area contributed by atoms with Crippen LogP contribution in [0.2, 0.25) is 0 Å². The van der Waals surface area contributed by atoms with Gasteiger partial charge in [0.15, 0.2) is 0 Å². The van der Waals surface area contributed by atoms with Gasteiger partial charge in [-0.25, -0.2) is 0 Å². The molecule has 0 radical (unpaired) electrons. The van der Waals surface area contributed by atoms with Crippen molar-refractivity contribution >= 4 is 68.0 Å². The van der Waals surface area contributed by atoms with Crippen LogP contribution >= 0.6 is 68.0 Å². The standard InChI is InChI=1S/C56H40S6/c1-9-37-14-6-34-2-10-38-13-5-33(1)29-41(37)45-17-21-49(57-45)53-25-26-55(61-53)51-23-19-47(59-51)43-31-35-3-11-39(43)15-7-36-4-12-40(16-8-35)44(32-36)48-20-24-52(60-48)56-28-27-54(62-56)50-22-18-46(58-50)42(38)30-34/h1-4,9-12,17-32H,5-8,13-16H2. The maximum atomic E-state index is 2.50.